The molecule has 0 bridgehead atoms. The van der Waals surface area contributed by atoms with Gasteiger partial charge in [0.1, 0.15) is 11.9 Å². The number of aromatic nitrogens is 2. The van der Waals surface area contributed by atoms with Crippen molar-refractivity contribution in [2.24, 2.45) is 0 Å². The zero-order valence-electron chi connectivity index (χ0n) is 18.8. The smallest absolute Gasteiger partial charge is 0.157 e. The fraction of sp³-hybridized carbons (Fsp3) is 0.333. The molecule has 0 atom stereocenters. The van der Waals surface area contributed by atoms with Crippen LogP contribution < -0.4 is 10.2 Å². The molecular weight excluding hydrogens is 408 g/mol. The van der Waals surface area contributed by atoms with Gasteiger partial charge in [0.25, 0.3) is 0 Å². The van der Waals surface area contributed by atoms with Crippen molar-refractivity contribution < 1.29 is 0 Å². The minimum Gasteiger partial charge on any atom is -0.355 e. The van der Waals surface area contributed by atoms with E-state index in [1.165, 1.54) is 22.5 Å². The zero-order valence-corrected chi connectivity index (χ0v) is 18.8. The standard InChI is InChI=1S/C27H28N6/c28-18-22-21-11-15-31(14-10-20-6-2-1-3-7-20)19-23(21)27(32-16-12-29-13-17-32)33-25-9-5-4-8-24(25)30-26(22)33/h1-9,29H,10-17,19H2. The molecule has 0 unspecified atom stereocenters. The van der Waals surface area contributed by atoms with Crippen LogP contribution in [0.1, 0.15) is 22.3 Å². The molecule has 2 aliphatic heterocycles. The second-order valence-corrected chi connectivity index (χ2v) is 9.03. The maximum atomic E-state index is 10.2. The Bertz CT molecular complexity index is 1340. The van der Waals surface area contributed by atoms with Gasteiger partial charge in [-0.05, 0) is 36.1 Å². The summed E-state index contributed by atoms with van der Waals surface area (Å²) < 4.78 is 2.26. The molecule has 166 valence electrons. The third kappa shape index (κ3) is 3.54. The zero-order chi connectivity index (χ0) is 22.2. The Balaban J connectivity index is 1.48. The number of nitrogens with zero attached hydrogens (tertiary/aromatic N) is 5. The number of pyridine rings is 1. The molecule has 1 saturated heterocycles. The lowest BCUT2D eigenvalue weighted by atomic mass is 9.95. The highest BCUT2D eigenvalue weighted by Crippen LogP contribution is 2.36. The number of rotatable bonds is 4. The predicted octanol–water partition coefficient (Wildman–Crippen LogP) is 3.37. The Labute approximate surface area is 194 Å². The first kappa shape index (κ1) is 20.2. The first-order valence-corrected chi connectivity index (χ1v) is 11.9. The van der Waals surface area contributed by atoms with Crippen LogP contribution in [0.3, 0.4) is 0 Å². The molecule has 0 radical (unpaired) electrons. The van der Waals surface area contributed by atoms with E-state index in [2.05, 4.69) is 74.1 Å². The molecule has 0 aliphatic carbocycles. The van der Waals surface area contributed by atoms with E-state index in [1.54, 1.807) is 0 Å². The van der Waals surface area contributed by atoms with Gasteiger partial charge in [-0.2, -0.15) is 5.26 Å². The summed E-state index contributed by atoms with van der Waals surface area (Å²) in [6.07, 6.45) is 1.94. The van der Waals surface area contributed by atoms with Crippen molar-refractivity contribution in [2.45, 2.75) is 19.4 Å². The first-order valence-electron chi connectivity index (χ1n) is 11.9. The van der Waals surface area contributed by atoms with Crippen molar-refractivity contribution in [3.63, 3.8) is 0 Å². The number of piperazine rings is 1. The molecule has 1 N–H and O–H groups in total. The monoisotopic (exact) mass is 436 g/mol. The van der Waals surface area contributed by atoms with Gasteiger partial charge in [-0.15, -0.1) is 0 Å². The number of benzene rings is 2. The average Bonchev–Trinajstić information content (AvgIpc) is 3.26. The molecular formula is C27H28N6. The van der Waals surface area contributed by atoms with E-state index >= 15 is 0 Å². The number of hydrogen-bond acceptors (Lipinski definition) is 5. The molecule has 4 heterocycles. The molecule has 33 heavy (non-hydrogen) atoms. The van der Waals surface area contributed by atoms with Crippen molar-refractivity contribution in [3.8, 4) is 6.07 Å². The van der Waals surface area contributed by atoms with Crippen LogP contribution in [-0.2, 0) is 19.4 Å². The quantitative estimate of drug-likeness (QED) is 0.532. The minimum atomic E-state index is 0.753. The van der Waals surface area contributed by atoms with Gasteiger partial charge in [-0.3, -0.25) is 9.30 Å². The van der Waals surface area contributed by atoms with E-state index in [4.69, 9.17) is 4.98 Å². The largest absolute Gasteiger partial charge is 0.355 e. The molecule has 6 heteroatoms. The molecule has 0 amide bonds. The minimum absolute atomic E-state index is 0.753. The molecule has 1 fully saturated rings. The van der Waals surface area contributed by atoms with Crippen molar-refractivity contribution in [1.82, 2.24) is 19.6 Å². The summed E-state index contributed by atoms with van der Waals surface area (Å²) in [5.74, 6) is 1.23. The highest BCUT2D eigenvalue weighted by Gasteiger charge is 2.30. The normalized spacial score (nSPS) is 16.8. The maximum Gasteiger partial charge on any atom is 0.157 e. The summed E-state index contributed by atoms with van der Waals surface area (Å²) in [7, 11) is 0. The van der Waals surface area contributed by atoms with Gasteiger partial charge in [-0.1, -0.05) is 42.5 Å². The lowest BCUT2D eigenvalue weighted by Gasteiger charge is -2.37. The molecule has 0 saturated carbocycles. The van der Waals surface area contributed by atoms with E-state index in [-0.39, 0.29) is 0 Å². The van der Waals surface area contributed by atoms with E-state index in [0.717, 1.165) is 80.9 Å². The van der Waals surface area contributed by atoms with Crippen LogP contribution in [0.15, 0.2) is 54.6 Å². The Kier molecular flexibility index (Phi) is 5.21. The van der Waals surface area contributed by atoms with Crippen molar-refractivity contribution in [1.29, 1.82) is 5.26 Å². The van der Waals surface area contributed by atoms with Crippen LogP contribution in [0.2, 0.25) is 0 Å². The highest BCUT2D eigenvalue weighted by molar-refractivity contribution is 5.86. The molecule has 6 nitrogen and oxygen atoms in total. The number of fused-ring (bicyclic) bond motifs is 4. The average molecular weight is 437 g/mol. The summed E-state index contributed by atoms with van der Waals surface area (Å²) >= 11 is 0. The van der Waals surface area contributed by atoms with E-state index in [9.17, 15) is 5.26 Å². The molecule has 2 aromatic carbocycles. The van der Waals surface area contributed by atoms with Gasteiger partial charge < -0.3 is 10.2 Å². The van der Waals surface area contributed by atoms with Crippen LogP contribution in [-0.4, -0.2) is 53.6 Å². The Morgan fingerprint density at radius 1 is 0.939 bits per heavy atom. The summed E-state index contributed by atoms with van der Waals surface area (Å²) in [4.78, 5) is 9.98. The van der Waals surface area contributed by atoms with Crippen LogP contribution in [0, 0.1) is 11.3 Å². The Hall–Kier alpha value is -3.40. The highest BCUT2D eigenvalue weighted by atomic mass is 15.3. The maximum absolute atomic E-state index is 10.2. The predicted molar refractivity (Wildman–Crippen MR) is 132 cm³/mol. The molecule has 6 rings (SSSR count). The number of para-hydroxylation sites is 2. The Morgan fingerprint density at radius 3 is 2.55 bits per heavy atom. The second kappa shape index (κ2) is 8.51. The van der Waals surface area contributed by atoms with Gasteiger partial charge in [-0.25, -0.2) is 4.98 Å². The van der Waals surface area contributed by atoms with Gasteiger partial charge >= 0.3 is 0 Å². The van der Waals surface area contributed by atoms with Crippen LogP contribution >= 0.6 is 0 Å². The fourth-order valence-electron chi connectivity index (χ4n) is 5.43. The molecule has 0 spiro atoms. The first-order chi connectivity index (χ1) is 16.3. The van der Waals surface area contributed by atoms with Crippen molar-refractivity contribution in [3.05, 3.63) is 76.9 Å². The molecule has 4 aromatic rings. The molecule has 2 aliphatic rings. The van der Waals surface area contributed by atoms with E-state index in [1.807, 2.05) is 6.07 Å². The van der Waals surface area contributed by atoms with Gasteiger partial charge in [0.2, 0.25) is 0 Å². The lowest BCUT2D eigenvalue weighted by Crippen LogP contribution is -2.45. The summed E-state index contributed by atoms with van der Waals surface area (Å²) in [5, 5.41) is 13.7. The number of hydrogen-bond donors (Lipinski definition) is 1. The Morgan fingerprint density at radius 2 is 1.73 bits per heavy atom. The summed E-state index contributed by atoms with van der Waals surface area (Å²) in [6, 6.07) is 21.5. The van der Waals surface area contributed by atoms with Crippen molar-refractivity contribution in [2.75, 3.05) is 44.2 Å². The van der Waals surface area contributed by atoms with Crippen LogP contribution in [0.25, 0.3) is 16.7 Å². The SMILES string of the molecule is N#Cc1c2c(c(N3CCNCC3)n3c1nc1ccccc13)CN(CCc1ccccc1)CC2. The second-order valence-electron chi connectivity index (χ2n) is 9.03. The third-order valence-corrected chi connectivity index (χ3v) is 7.08. The van der Waals surface area contributed by atoms with E-state index in [0.29, 0.717) is 0 Å². The van der Waals surface area contributed by atoms with E-state index < -0.39 is 0 Å². The summed E-state index contributed by atoms with van der Waals surface area (Å²) in [6.45, 7) is 6.74. The lowest BCUT2D eigenvalue weighted by molar-refractivity contribution is 0.257. The van der Waals surface area contributed by atoms with Gasteiger partial charge in [0.15, 0.2) is 5.65 Å². The number of nitrogens with one attached hydrogen (secondary N) is 1. The van der Waals surface area contributed by atoms with Gasteiger partial charge in [0, 0.05) is 51.4 Å². The van der Waals surface area contributed by atoms with Crippen LogP contribution in [0.4, 0.5) is 5.82 Å². The number of anilines is 1. The van der Waals surface area contributed by atoms with Crippen molar-refractivity contribution >= 4 is 22.5 Å². The number of imidazole rings is 1. The van der Waals surface area contributed by atoms with Gasteiger partial charge in [0.05, 0.1) is 16.6 Å². The third-order valence-electron chi connectivity index (χ3n) is 7.08. The topological polar surface area (TPSA) is 59.6 Å². The fourth-order valence-corrected chi connectivity index (χ4v) is 5.43. The number of nitriles is 1. The summed E-state index contributed by atoms with van der Waals surface area (Å²) in [5.41, 5.74) is 7.48. The van der Waals surface area contributed by atoms with Crippen LogP contribution in [0.5, 0.6) is 0 Å². The molecule has 2 aromatic heterocycles.